The average Bonchev–Trinajstić information content (AvgIpc) is 2.36. The summed E-state index contributed by atoms with van der Waals surface area (Å²) >= 11 is 0. The Hall–Kier alpha value is -1.82. The van der Waals surface area contributed by atoms with E-state index in [1.165, 1.54) is 0 Å². The molecule has 0 amide bonds. The normalized spacial score (nSPS) is 12.0. The Morgan fingerprint density at radius 1 is 1.53 bits per heavy atom. The van der Waals surface area contributed by atoms with Gasteiger partial charge in [0.1, 0.15) is 25.1 Å². The number of benzene rings is 1. The van der Waals surface area contributed by atoms with E-state index in [0.717, 1.165) is 11.3 Å². The SMILES string of the molecule is CN(C)c1ccc(OCCF)cc1CC(N)C(=O)O. The molecule has 0 aliphatic carbocycles. The zero-order valence-electron chi connectivity index (χ0n) is 11.1. The molecule has 19 heavy (non-hydrogen) atoms. The number of carboxylic acids is 1. The van der Waals surface area contributed by atoms with E-state index in [1.807, 2.05) is 19.0 Å². The summed E-state index contributed by atoms with van der Waals surface area (Å²) < 4.78 is 17.3. The lowest BCUT2D eigenvalue weighted by Gasteiger charge is -2.19. The quantitative estimate of drug-likeness (QED) is 0.774. The first-order valence-corrected chi connectivity index (χ1v) is 5.93. The van der Waals surface area contributed by atoms with Gasteiger partial charge in [-0.05, 0) is 23.8 Å². The van der Waals surface area contributed by atoms with Crippen molar-refractivity contribution >= 4 is 11.7 Å². The Labute approximate surface area is 111 Å². The molecule has 0 heterocycles. The fourth-order valence-corrected chi connectivity index (χ4v) is 1.73. The van der Waals surface area contributed by atoms with Gasteiger partial charge in [0.05, 0.1) is 0 Å². The molecule has 5 nitrogen and oxygen atoms in total. The summed E-state index contributed by atoms with van der Waals surface area (Å²) in [6.07, 6.45) is 0.190. The summed E-state index contributed by atoms with van der Waals surface area (Å²) in [6, 6.07) is 4.25. The summed E-state index contributed by atoms with van der Waals surface area (Å²) in [7, 11) is 3.71. The molecule has 3 N–H and O–H groups in total. The Morgan fingerprint density at radius 2 is 2.21 bits per heavy atom. The van der Waals surface area contributed by atoms with E-state index < -0.39 is 18.7 Å². The maximum Gasteiger partial charge on any atom is 0.320 e. The number of ether oxygens (including phenoxy) is 1. The molecule has 0 bridgehead atoms. The molecule has 0 radical (unpaired) electrons. The molecule has 1 aromatic rings. The van der Waals surface area contributed by atoms with Crippen LogP contribution in [0.1, 0.15) is 5.56 Å². The van der Waals surface area contributed by atoms with Crippen LogP contribution in [0.2, 0.25) is 0 Å². The number of carboxylic acid groups (broad SMARTS) is 1. The van der Waals surface area contributed by atoms with Gasteiger partial charge in [0.15, 0.2) is 0 Å². The van der Waals surface area contributed by atoms with Crippen molar-refractivity contribution in [2.45, 2.75) is 12.5 Å². The van der Waals surface area contributed by atoms with Crippen LogP contribution in [-0.2, 0) is 11.2 Å². The summed E-state index contributed by atoms with van der Waals surface area (Å²) in [5.41, 5.74) is 7.17. The zero-order valence-corrected chi connectivity index (χ0v) is 11.1. The maximum absolute atomic E-state index is 12.1. The molecule has 0 fully saturated rings. The van der Waals surface area contributed by atoms with Gasteiger partial charge in [-0.3, -0.25) is 4.79 Å². The van der Waals surface area contributed by atoms with Crippen LogP contribution < -0.4 is 15.4 Å². The highest BCUT2D eigenvalue weighted by atomic mass is 19.1. The molecule has 0 aromatic heterocycles. The minimum Gasteiger partial charge on any atom is -0.491 e. The Morgan fingerprint density at radius 3 is 2.74 bits per heavy atom. The van der Waals surface area contributed by atoms with Gasteiger partial charge >= 0.3 is 5.97 Å². The molecule has 1 atom stereocenters. The first-order chi connectivity index (χ1) is 8.95. The van der Waals surface area contributed by atoms with E-state index in [1.54, 1.807) is 18.2 Å². The fourth-order valence-electron chi connectivity index (χ4n) is 1.73. The molecule has 0 saturated heterocycles. The number of hydrogen-bond acceptors (Lipinski definition) is 4. The molecule has 0 spiro atoms. The lowest BCUT2D eigenvalue weighted by atomic mass is 10.0. The molecular formula is C13H19FN2O3. The minimum absolute atomic E-state index is 0.0221. The third-order valence-corrected chi connectivity index (χ3v) is 2.64. The van der Waals surface area contributed by atoms with Crippen molar-refractivity contribution in [1.82, 2.24) is 0 Å². The summed E-state index contributed by atoms with van der Waals surface area (Å²) in [6.45, 7) is -0.592. The number of nitrogens with two attached hydrogens (primary N) is 1. The second-order valence-electron chi connectivity index (χ2n) is 4.37. The van der Waals surface area contributed by atoms with Crippen molar-refractivity contribution in [3.05, 3.63) is 23.8 Å². The number of rotatable bonds is 7. The van der Waals surface area contributed by atoms with Crippen molar-refractivity contribution in [2.75, 3.05) is 32.3 Å². The number of aliphatic carboxylic acids is 1. The van der Waals surface area contributed by atoms with E-state index in [9.17, 15) is 9.18 Å². The van der Waals surface area contributed by atoms with Crippen LogP contribution in [0.25, 0.3) is 0 Å². The lowest BCUT2D eigenvalue weighted by Crippen LogP contribution is -2.32. The molecule has 0 aliphatic heterocycles. The zero-order chi connectivity index (χ0) is 14.4. The lowest BCUT2D eigenvalue weighted by molar-refractivity contribution is -0.138. The molecule has 6 heteroatoms. The van der Waals surface area contributed by atoms with Crippen LogP contribution in [0.15, 0.2) is 18.2 Å². The number of hydrogen-bond donors (Lipinski definition) is 2. The van der Waals surface area contributed by atoms with E-state index in [4.69, 9.17) is 15.6 Å². The third kappa shape index (κ3) is 4.40. The van der Waals surface area contributed by atoms with Crippen LogP contribution in [0.3, 0.4) is 0 Å². The van der Waals surface area contributed by atoms with Gasteiger partial charge in [-0.2, -0.15) is 0 Å². The summed E-state index contributed by atoms with van der Waals surface area (Å²) in [5.74, 6) is -0.546. The van der Waals surface area contributed by atoms with Crippen LogP contribution in [0.4, 0.5) is 10.1 Å². The first kappa shape index (κ1) is 15.2. The highest BCUT2D eigenvalue weighted by Gasteiger charge is 2.16. The molecule has 1 rings (SSSR count). The monoisotopic (exact) mass is 270 g/mol. The van der Waals surface area contributed by atoms with Gasteiger partial charge < -0.3 is 20.5 Å². The number of anilines is 1. The minimum atomic E-state index is -1.06. The van der Waals surface area contributed by atoms with Crippen molar-refractivity contribution in [2.24, 2.45) is 5.73 Å². The molecular weight excluding hydrogens is 251 g/mol. The van der Waals surface area contributed by atoms with Crippen LogP contribution in [0.5, 0.6) is 5.75 Å². The summed E-state index contributed by atoms with van der Waals surface area (Å²) in [5, 5.41) is 8.86. The molecule has 106 valence electrons. The predicted octanol–water partition coefficient (Wildman–Crippen LogP) is 1.06. The van der Waals surface area contributed by atoms with E-state index >= 15 is 0 Å². The molecule has 0 aliphatic rings. The highest BCUT2D eigenvalue weighted by molar-refractivity contribution is 5.74. The van der Waals surface area contributed by atoms with Gasteiger partial charge in [-0.1, -0.05) is 0 Å². The van der Waals surface area contributed by atoms with Crippen molar-refractivity contribution in [1.29, 1.82) is 0 Å². The summed E-state index contributed by atoms with van der Waals surface area (Å²) in [4.78, 5) is 12.7. The topological polar surface area (TPSA) is 75.8 Å². The first-order valence-electron chi connectivity index (χ1n) is 5.93. The molecule has 1 unspecified atom stereocenters. The van der Waals surface area contributed by atoms with E-state index in [-0.39, 0.29) is 13.0 Å². The van der Waals surface area contributed by atoms with Gasteiger partial charge in [0.2, 0.25) is 0 Å². The third-order valence-electron chi connectivity index (χ3n) is 2.64. The fraction of sp³-hybridized carbons (Fsp3) is 0.462. The smallest absolute Gasteiger partial charge is 0.320 e. The van der Waals surface area contributed by atoms with Gasteiger partial charge in [-0.15, -0.1) is 0 Å². The number of carbonyl (C=O) groups is 1. The molecule has 1 aromatic carbocycles. The number of halogens is 1. The largest absolute Gasteiger partial charge is 0.491 e. The Bertz CT molecular complexity index is 438. The average molecular weight is 270 g/mol. The van der Waals surface area contributed by atoms with Crippen molar-refractivity contribution in [3.8, 4) is 5.75 Å². The number of nitrogens with zero attached hydrogens (tertiary/aromatic N) is 1. The molecule has 0 saturated carbocycles. The Kier molecular flexibility index (Phi) is 5.57. The van der Waals surface area contributed by atoms with Crippen LogP contribution in [0, 0.1) is 0 Å². The highest BCUT2D eigenvalue weighted by Crippen LogP contribution is 2.25. The number of alkyl halides is 1. The van der Waals surface area contributed by atoms with Crippen molar-refractivity contribution < 1.29 is 19.0 Å². The second-order valence-corrected chi connectivity index (χ2v) is 4.37. The van der Waals surface area contributed by atoms with E-state index in [0.29, 0.717) is 5.75 Å². The van der Waals surface area contributed by atoms with Crippen LogP contribution in [-0.4, -0.2) is 44.5 Å². The Balaban J connectivity index is 2.97. The van der Waals surface area contributed by atoms with Crippen LogP contribution >= 0.6 is 0 Å². The van der Waals surface area contributed by atoms with Gasteiger partial charge in [0, 0.05) is 26.2 Å². The standard InChI is InChI=1S/C13H19FN2O3/c1-16(2)12-4-3-10(19-6-5-14)7-9(12)8-11(15)13(17)18/h3-4,7,11H,5-6,8,15H2,1-2H3,(H,17,18). The maximum atomic E-state index is 12.1. The predicted molar refractivity (Wildman–Crippen MR) is 71.6 cm³/mol. The van der Waals surface area contributed by atoms with Crippen molar-refractivity contribution in [3.63, 3.8) is 0 Å². The second kappa shape index (κ2) is 6.94. The van der Waals surface area contributed by atoms with Gasteiger partial charge in [-0.25, -0.2) is 4.39 Å². The van der Waals surface area contributed by atoms with Gasteiger partial charge in [0.25, 0.3) is 0 Å². The van der Waals surface area contributed by atoms with E-state index in [2.05, 4.69) is 0 Å².